The number of aryl methyl sites for hydroxylation is 1. The van der Waals surface area contributed by atoms with Gasteiger partial charge in [0.15, 0.2) is 0 Å². The van der Waals surface area contributed by atoms with Gasteiger partial charge >= 0.3 is 0 Å². The van der Waals surface area contributed by atoms with E-state index in [0.717, 1.165) is 23.3 Å². The third kappa shape index (κ3) is 3.76. The van der Waals surface area contributed by atoms with Crippen LogP contribution in [-0.4, -0.2) is 27.9 Å². The molecule has 0 bridgehead atoms. The summed E-state index contributed by atoms with van der Waals surface area (Å²) in [5, 5.41) is 0. The molecule has 2 amide bonds. The monoisotopic (exact) mass is 357 g/mol. The summed E-state index contributed by atoms with van der Waals surface area (Å²) < 4.78 is 12.3. The second-order valence-electron chi connectivity index (χ2n) is 8.86. The zero-order chi connectivity index (χ0) is 19.3. The molecule has 0 saturated carbocycles. The molecule has 26 heavy (non-hydrogen) atoms. The Balaban J connectivity index is 2.05. The summed E-state index contributed by atoms with van der Waals surface area (Å²) in [4.78, 5) is 25.7. The van der Waals surface area contributed by atoms with Crippen LogP contribution in [0.4, 0.5) is 0 Å². The van der Waals surface area contributed by atoms with Crippen molar-refractivity contribution >= 4 is 11.8 Å². The lowest BCUT2D eigenvalue weighted by molar-refractivity contribution is -0.139. The quantitative estimate of drug-likeness (QED) is 0.769. The van der Waals surface area contributed by atoms with E-state index in [1.165, 1.54) is 17.1 Å². The molecule has 1 aromatic carbocycles. The Morgan fingerprint density at radius 3 is 2.04 bits per heavy atom. The maximum Gasteiger partial charge on any atom is 0.254 e. The zero-order valence-electron chi connectivity index (χ0n) is 16.4. The Morgan fingerprint density at radius 2 is 1.50 bits per heavy atom. The lowest BCUT2D eigenvalue weighted by atomic mass is 10.0. The van der Waals surface area contributed by atoms with Crippen molar-refractivity contribution in [1.82, 2.24) is 4.90 Å². The van der Waals surface area contributed by atoms with E-state index in [-0.39, 0.29) is 23.5 Å². The summed E-state index contributed by atoms with van der Waals surface area (Å²) >= 11 is 0. The van der Waals surface area contributed by atoms with Crippen molar-refractivity contribution in [2.75, 3.05) is 0 Å². The van der Waals surface area contributed by atoms with Gasteiger partial charge < -0.3 is 9.47 Å². The number of amides is 2. The minimum absolute atomic E-state index is 0.260. The van der Waals surface area contributed by atoms with Gasteiger partial charge in [-0.2, -0.15) is 0 Å². The van der Waals surface area contributed by atoms with Crippen LogP contribution in [0, 0.1) is 0 Å². The van der Waals surface area contributed by atoms with Crippen LogP contribution in [0.5, 0.6) is 11.5 Å². The third-order valence-electron chi connectivity index (χ3n) is 4.22. The molecule has 1 aromatic rings. The Bertz CT molecular complexity index is 762. The highest BCUT2D eigenvalue weighted by molar-refractivity contribution is 6.13. The average molecular weight is 357 g/mol. The molecule has 0 unspecified atom stereocenters. The molecule has 0 saturated heterocycles. The number of carbonyl (C=O) groups is 2. The number of fused-ring (bicyclic) bond motifs is 1. The molecule has 5 nitrogen and oxygen atoms in total. The van der Waals surface area contributed by atoms with Gasteiger partial charge in [0.2, 0.25) is 0 Å². The first kappa shape index (κ1) is 18.5. The van der Waals surface area contributed by atoms with Crippen molar-refractivity contribution in [1.29, 1.82) is 0 Å². The van der Waals surface area contributed by atoms with E-state index >= 15 is 0 Å². The first-order chi connectivity index (χ1) is 11.9. The van der Waals surface area contributed by atoms with Gasteiger partial charge in [-0.3, -0.25) is 14.5 Å². The van der Waals surface area contributed by atoms with Crippen LogP contribution in [0.1, 0.15) is 65.1 Å². The number of ether oxygens (including phenoxy) is 2. The van der Waals surface area contributed by atoms with Crippen LogP contribution < -0.4 is 9.47 Å². The normalized spacial score (nSPS) is 19.9. The highest BCUT2D eigenvalue weighted by Crippen LogP contribution is 2.46. The second-order valence-corrected chi connectivity index (χ2v) is 8.86. The number of rotatable bonds is 3. The standard InChI is InChI=1S/C21H27NO4/c1-20(2,3)25-14-11-13-7-8-15(22-17(23)9-10-18(22)24)19(13)16(12-14)26-21(4,5)6/h9-12,15H,7-8H2,1-6H3/t15-/m0/s1. The fourth-order valence-corrected chi connectivity index (χ4v) is 3.48. The van der Waals surface area contributed by atoms with E-state index < -0.39 is 5.60 Å². The molecule has 1 atom stereocenters. The largest absolute Gasteiger partial charge is 0.488 e. The molecule has 0 radical (unpaired) electrons. The molecule has 5 heteroatoms. The van der Waals surface area contributed by atoms with Crippen molar-refractivity contribution in [3.63, 3.8) is 0 Å². The number of carbonyl (C=O) groups excluding carboxylic acids is 2. The lowest BCUT2D eigenvalue weighted by Crippen LogP contribution is -2.34. The van der Waals surface area contributed by atoms with E-state index in [2.05, 4.69) is 0 Å². The molecule has 1 aliphatic heterocycles. The molecule has 0 fully saturated rings. The van der Waals surface area contributed by atoms with Gasteiger partial charge in [0, 0.05) is 23.8 Å². The van der Waals surface area contributed by atoms with Gasteiger partial charge in [0.05, 0.1) is 6.04 Å². The second kappa shape index (κ2) is 6.15. The Kier molecular flexibility index (Phi) is 4.37. The van der Waals surface area contributed by atoms with E-state index in [1.54, 1.807) is 0 Å². The average Bonchev–Trinajstić information content (AvgIpc) is 2.99. The molecule has 2 aliphatic rings. The maximum absolute atomic E-state index is 12.2. The topological polar surface area (TPSA) is 55.8 Å². The number of hydrogen-bond donors (Lipinski definition) is 0. The highest BCUT2D eigenvalue weighted by Gasteiger charge is 2.39. The minimum Gasteiger partial charge on any atom is -0.488 e. The van der Waals surface area contributed by atoms with Crippen molar-refractivity contribution in [2.45, 2.75) is 71.6 Å². The highest BCUT2D eigenvalue weighted by atomic mass is 16.5. The molecule has 0 N–H and O–H groups in total. The first-order valence-corrected chi connectivity index (χ1v) is 9.05. The molecular weight excluding hydrogens is 330 g/mol. The van der Waals surface area contributed by atoms with Crippen molar-refractivity contribution in [3.8, 4) is 11.5 Å². The molecular formula is C21H27NO4. The van der Waals surface area contributed by atoms with Crippen LogP contribution in [0.3, 0.4) is 0 Å². The third-order valence-corrected chi connectivity index (χ3v) is 4.22. The van der Waals surface area contributed by atoms with Crippen LogP contribution >= 0.6 is 0 Å². The summed E-state index contributed by atoms with van der Waals surface area (Å²) in [6.45, 7) is 11.9. The number of benzene rings is 1. The fourth-order valence-electron chi connectivity index (χ4n) is 3.48. The van der Waals surface area contributed by atoms with Crippen LogP contribution in [0.25, 0.3) is 0 Å². The summed E-state index contributed by atoms with van der Waals surface area (Å²) in [6.07, 6.45) is 4.15. The van der Waals surface area contributed by atoms with Gasteiger partial charge in [-0.1, -0.05) is 0 Å². The van der Waals surface area contributed by atoms with Gasteiger partial charge in [-0.15, -0.1) is 0 Å². The number of hydrogen-bond acceptors (Lipinski definition) is 4. The summed E-state index contributed by atoms with van der Waals surface area (Å²) in [5.41, 5.74) is 1.27. The van der Waals surface area contributed by atoms with Crippen molar-refractivity contribution < 1.29 is 19.1 Å². The smallest absolute Gasteiger partial charge is 0.254 e. The summed E-state index contributed by atoms with van der Waals surface area (Å²) in [7, 11) is 0. The molecule has 0 aromatic heterocycles. The first-order valence-electron chi connectivity index (χ1n) is 9.05. The van der Waals surface area contributed by atoms with Crippen molar-refractivity contribution in [2.24, 2.45) is 0 Å². The number of nitrogens with zero attached hydrogens (tertiary/aromatic N) is 1. The number of imide groups is 1. The maximum atomic E-state index is 12.2. The van der Waals surface area contributed by atoms with Crippen LogP contribution in [0.15, 0.2) is 24.3 Å². The fraction of sp³-hybridized carbons (Fsp3) is 0.524. The Labute approximate surface area is 155 Å². The SMILES string of the molecule is CC(C)(C)Oc1cc2c(c(OC(C)(C)C)c1)[C@@H](N1C(=O)C=CC1=O)CC2. The Morgan fingerprint density at radius 1 is 0.923 bits per heavy atom. The minimum atomic E-state index is -0.404. The van der Waals surface area contributed by atoms with Crippen LogP contribution in [-0.2, 0) is 16.0 Å². The van der Waals surface area contributed by atoms with E-state index in [4.69, 9.17) is 9.47 Å². The predicted octanol–water partition coefficient (Wildman–Crippen LogP) is 3.95. The molecule has 140 valence electrons. The van der Waals surface area contributed by atoms with Gasteiger partial charge in [0.1, 0.15) is 22.7 Å². The summed E-state index contributed by atoms with van der Waals surface area (Å²) in [6, 6.07) is 3.60. The van der Waals surface area contributed by atoms with Crippen molar-refractivity contribution in [3.05, 3.63) is 35.4 Å². The Hall–Kier alpha value is -2.30. The predicted molar refractivity (Wildman–Crippen MR) is 99.3 cm³/mol. The van der Waals surface area contributed by atoms with Crippen LogP contribution in [0.2, 0.25) is 0 Å². The summed E-state index contributed by atoms with van der Waals surface area (Å²) in [5.74, 6) is 0.909. The van der Waals surface area contributed by atoms with E-state index in [9.17, 15) is 9.59 Å². The molecule has 1 aliphatic carbocycles. The lowest BCUT2D eigenvalue weighted by Gasteiger charge is -2.29. The molecule has 0 spiro atoms. The van der Waals surface area contributed by atoms with Gasteiger partial charge in [-0.05, 0) is 66.0 Å². The van der Waals surface area contributed by atoms with E-state index in [1.807, 2.05) is 53.7 Å². The van der Waals surface area contributed by atoms with Gasteiger partial charge in [-0.25, -0.2) is 0 Å². The molecule has 3 rings (SSSR count). The zero-order valence-corrected chi connectivity index (χ0v) is 16.4. The van der Waals surface area contributed by atoms with E-state index in [0.29, 0.717) is 12.2 Å². The molecule has 1 heterocycles. The van der Waals surface area contributed by atoms with Gasteiger partial charge in [0.25, 0.3) is 11.8 Å².